The molecule has 3 nitrogen and oxygen atoms in total. The van der Waals surface area contributed by atoms with Crippen LogP contribution in [0.4, 0.5) is 28.4 Å². The van der Waals surface area contributed by atoms with Gasteiger partial charge in [0.1, 0.15) is 11.2 Å². The second-order valence-corrected chi connectivity index (χ2v) is 18.4. The summed E-state index contributed by atoms with van der Waals surface area (Å²) in [7, 11) is 0. The van der Waals surface area contributed by atoms with Gasteiger partial charge in [-0.3, -0.25) is 0 Å². The van der Waals surface area contributed by atoms with E-state index in [-0.39, 0.29) is 23.1 Å². The number of benzene rings is 7. The third kappa shape index (κ3) is 3.97. The molecule has 3 aliphatic heterocycles. The summed E-state index contributed by atoms with van der Waals surface area (Å²) in [4.78, 5) is 5.29. The molecule has 0 spiro atoms. The van der Waals surface area contributed by atoms with Crippen LogP contribution >= 0.6 is 0 Å². The number of nitrogens with zero attached hydrogens (tertiary/aromatic N) is 2. The number of anilines is 5. The fourth-order valence-electron chi connectivity index (χ4n) is 11.1. The Hall–Kier alpha value is -5.74. The van der Waals surface area contributed by atoms with E-state index in [9.17, 15) is 0 Å². The van der Waals surface area contributed by atoms with Crippen molar-refractivity contribution in [1.29, 1.82) is 0 Å². The molecule has 0 saturated carbocycles. The van der Waals surface area contributed by atoms with Gasteiger partial charge in [-0.1, -0.05) is 126 Å². The Balaban J connectivity index is 1.26. The van der Waals surface area contributed by atoms with Crippen LogP contribution in [-0.2, 0) is 16.2 Å². The molecule has 266 valence electrons. The average molecular weight is 711 g/mol. The number of hydrogen-bond donors (Lipinski definition) is 0. The molecule has 1 aromatic heterocycles. The standard InChI is InChI=1S/C51H43BN2O/c1-49(2)24-25-50(3,4)39-27-31(22-23-36(39)49)54-42-29-45-34(33-16-9-12-21-44(33)55-45)28-35(42)46-32-15-8-7-14-30(32)26-43-47(46)52(54)40-19-13-18-38-48(40)53(43)41-20-11-10-17-37(41)51(38,5)6/h7-23,26-29H,24-25H2,1-6H3. The van der Waals surface area contributed by atoms with Crippen molar-refractivity contribution in [2.24, 2.45) is 0 Å². The molecule has 0 unspecified atom stereocenters. The van der Waals surface area contributed by atoms with Gasteiger partial charge in [0, 0.05) is 50.6 Å². The van der Waals surface area contributed by atoms with Crippen molar-refractivity contribution in [2.75, 3.05) is 9.71 Å². The summed E-state index contributed by atoms with van der Waals surface area (Å²) in [6.45, 7) is 14.5. The number of para-hydroxylation sites is 3. The highest BCUT2D eigenvalue weighted by Crippen LogP contribution is 2.57. The lowest BCUT2D eigenvalue weighted by Crippen LogP contribution is -2.62. The first-order valence-corrected chi connectivity index (χ1v) is 20.0. The highest BCUT2D eigenvalue weighted by Gasteiger charge is 2.50. The predicted octanol–water partition coefficient (Wildman–Crippen LogP) is 12.4. The second-order valence-electron chi connectivity index (χ2n) is 18.4. The van der Waals surface area contributed by atoms with Gasteiger partial charge in [-0.05, 0) is 110 Å². The SMILES string of the molecule is CC1(C)CCC(C)(C)c2cc(N3B4c5cccc6c5N(c5ccccc5C6(C)C)c5cc6ccccc6c(c54)-c4cc5c(cc43)oc3ccccc35)ccc21. The first-order chi connectivity index (χ1) is 26.5. The zero-order chi connectivity index (χ0) is 37.2. The van der Waals surface area contributed by atoms with Gasteiger partial charge in [-0.2, -0.15) is 0 Å². The quantitative estimate of drug-likeness (QED) is 0.158. The maximum absolute atomic E-state index is 6.70. The predicted molar refractivity (Wildman–Crippen MR) is 232 cm³/mol. The molecule has 7 aromatic carbocycles. The maximum Gasteiger partial charge on any atom is 0.333 e. The summed E-state index contributed by atoms with van der Waals surface area (Å²) in [5, 5.41) is 4.86. The summed E-state index contributed by atoms with van der Waals surface area (Å²) in [6, 6.07) is 48.4. The van der Waals surface area contributed by atoms with Gasteiger partial charge in [0.05, 0.1) is 5.69 Å². The molecule has 0 atom stereocenters. The minimum Gasteiger partial charge on any atom is -0.456 e. The van der Waals surface area contributed by atoms with Crippen LogP contribution < -0.4 is 20.6 Å². The summed E-state index contributed by atoms with van der Waals surface area (Å²) in [5.74, 6) is 0. The van der Waals surface area contributed by atoms with Crippen LogP contribution in [0.1, 0.15) is 76.6 Å². The fourth-order valence-corrected chi connectivity index (χ4v) is 11.1. The molecule has 12 rings (SSSR count). The Labute approximate surface area is 323 Å². The minimum atomic E-state index is -0.172. The molecule has 0 N–H and O–H groups in total. The van der Waals surface area contributed by atoms with Crippen LogP contribution in [0.2, 0.25) is 0 Å². The van der Waals surface area contributed by atoms with Gasteiger partial charge in [-0.15, -0.1) is 0 Å². The zero-order valence-corrected chi connectivity index (χ0v) is 32.4. The van der Waals surface area contributed by atoms with Crippen molar-refractivity contribution in [2.45, 2.75) is 70.6 Å². The van der Waals surface area contributed by atoms with E-state index in [0.717, 1.165) is 21.9 Å². The van der Waals surface area contributed by atoms with Crippen LogP contribution in [0, 0.1) is 0 Å². The first kappa shape index (κ1) is 31.6. The van der Waals surface area contributed by atoms with Gasteiger partial charge >= 0.3 is 6.85 Å². The van der Waals surface area contributed by atoms with Gasteiger partial charge < -0.3 is 14.1 Å². The van der Waals surface area contributed by atoms with E-state index in [2.05, 4.69) is 179 Å². The summed E-state index contributed by atoms with van der Waals surface area (Å²) >= 11 is 0. The number of furan rings is 1. The van der Waals surface area contributed by atoms with E-state index >= 15 is 0 Å². The van der Waals surface area contributed by atoms with E-state index in [4.69, 9.17) is 4.42 Å². The Morgan fingerprint density at radius 2 is 1.27 bits per heavy atom. The molecule has 0 saturated heterocycles. The third-order valence-electron chi connectivity index (χ3n) is 14.1. The summed E-state index contributed by atoms with van der Waals surface area (Å²) in [6.07, 6.45) is 2.36. The van der Waals surface area contributed by atoms with Gasteiger partial charge in [0.25, 0.3) is 0 Å². The molecular weight excluding hydrogens is 667 g/mol. The van der Waals surface area contributed by atoms with Crippen molar-refractivity contribution in [3.05, 3.63) is 150 Å². The van der Waals surface area contributed by atoms with Crippen LogP contribution in [0.15, 0.2) is 132 Å². The molecule has 0 amide bonds. The molecule has 4 heteroatoms. The Morgan fingerprint density at radius 3 is 2.13 bits per heavy atom. The van der Waals surface area contributed by atoms with Crippen molar-refractivity contribution < 1.29 is 4.42 Å². The van der Waals surface area contributed by atoms with E-state index in [1.807, 2.05) is 0 Å². The second kappa shape index (κ2) is 10.3. The molecular formula is C51H43BN2O. The molecule has 0 fully saturated rings. The smallest absolute Gasteiger partial charge is 0.333 e. The normalized spacial score (nSPS) is 17.8. The van der Waals surface area contributed by atoms with Crippen molar-refractivity contribution in [3.8, 4) is 11.1 Å². The highest BCUT2D eigenvalue weighted by atomic mass is 16.3. The number of rotatable bonds is 1. The van der Waals surface area contributed by atoms with Gasteiger partial charge in [-0.25, -0.2) is 0 Å². The Bertz CT molecular complexity index is 3000. The molecule has 4 heterocycles. The average Bonchev–Trinajstić information content (AvgIpc) is 3.55. The van der Waals surface area contributed by atoms with E-state index in [0.29, 0.717) is 0 Å². The highest BCUT2D eigenvalue weighted by molar-refractivity contribution is 6.94. The maximum atomic E-state index is 6.70. The number of fused-ring (bicyclic) bond motifs is 12. The number of hydrogen-bond acceptors (Lipinski definition) is 3. The van der Waals surface area contributed by atoms with E-state index < -0.39 is 0 Å². The zero-order valence-electron chi connectivity index (χ0n) is 32.4. The Morgan fingerprint density at radius 1 is 0.545 bits per heavy atom. The summed E-state index contributed by atoms with van der Waals surface area (Å²) in [5.41, 5.74) is 19.2. The van der Waals surface area contributed by atoms with E-state index in [1.165, 1.54) is 96.4 Å². The molecule has 4 aliphatic rings. The lowest BCUT2D eigenvalue weighted by molar-refractivity contribution is 0.332. The van der Waals surface area contributed by atoms with Crippen LogP contribution in [0.25, 0.3) is 43.8 Å². The largest absolute Gasteiger partial charge is 0.456 e. The van der Waals surface area contributed by atoms with Crippen LogP contribution in [0.3, 0.4) is 0 Å². The van der Waals surface area contributed by atoms with Crippen molar-refractivity contribution >= 4 is 78.9 Å². The summed E-state index contributed by atoms with van der Waals surface area (Å²) < 4.78 is 6.70. The fraction of sp³-hybridized carbons (Fsp3) is 0.216. The van der Waals surface area contributed by atoms with Crippen LogP contribution in [-0.4, -0.2) is 6.85 Å². The molecule has 0 radical (unpaired) electrons. The van der Waals surface area contributed by atoms with Gasteiger partial charge in [0.2, 0.25) is 0 Å². The minimum absolute atomic E-state index is 0.0611. The monoisotopic (exact) mass is 710 g/mol. The first-order valence-electron chi connectivity index (χ1n) is 20.0. The van der Waals surface area contributed by atoms with E-state index in [1.54, 1.807) is 0 Å². The van der Waals surface area contributed by atoms with Crippen LogP contribution in [0.5, 0.6) is 0 Å². The Kier molecular flexibility index (Phi) is 5.92. The third-order valence-corrected chi connectivity index (χ3v) is 14.1. The molecule has 1 aliphatic carbocycles. The molecule has 0 bridgehead atoms. The van der Waals surface area contributed by atoms with Crippen molar-refractivity contribution in [1.82, 2.24) is 0 Å². The van der Waals surface area contributed by atoms with Crippen molar-refractivity contribution in [3.63, 3.8) is 0 Å². The van der Waals surface area contributed by atoms with Gasteiger partial charge in [0.15, 0.2) is 0 Å². The lowest BCUT2D eigenvalue weighted by atomic mass is 9.42. The topological polar surface area (TPSA) is 19.6 Å². The lowest BCUT2D eigenvalue weighted by Gasteiger charge is -2.51. The molecule has 55 heavy (non-hydrogen) atoms. The molecule has 8 aromatic rings.